The fourth-order valence-electron chi connectivity index (χ4n) is 1.41. The smallest absolute Gasteiger partial charge is 0.306 e. The van der Waals surface area contributed by atoms with Gasteiger partial charge in [-0.1, -0.05) is 11.6 Å². The molecule has 0 aliphatic heterocycles. The third-order valence-electron chi connectivity index (χ3n) is 2.30. The van der Waals surface area contributed by atoms with E-state index in [1.807, 2.05) is 0 Å². The van der Waals surface area contributed by atoms with Crippen LogP contribution in [0.15, 0.2) is 35.7 Å². The summed E-state index contributed by atoms with van der Waals surface area (Å²) >= 11 is 7.05. The SMILES string of the molecule is O=C(Nc1cccs1)Nc1cc(C(F)(F)F)ccc1Cl. The largest absolute Gasteiger partial charge is 0.416 e. The Bertz CT molecular complexity index is 614. The fourth-order valence-corrected chi connectivity index (χ4v) is 2.19. The summed E-state index contributed by atoms with van der Waals surface area (Å²) in [5.74, 6) is 0. The number of carbonyl (C=O) groups is 1. The molecule has 3 nitrogen and oxygen atoms in total. The number of nitrogens with one attached hydrogen (secondary N) is 2. The van der Waals surface area contributed by atoms with E-state index in [1.165, 1.54) is 11.3 Å². The van der Waals surface area contributed by atoms with Crippen molar-refractivity contribution in [3.63, 3.8) is 0 Å². The number of anilines is 2. The molecule has 1 aromatic carbocycles. The molecule has 0 spiro atoms. The number of halogens is 4. The van der Waals surface area contributed by atoms with Crippen LogP contribution in [0.3, 0.4) is 0 Å². The van der Waals surface area contributed by atoms with Crippen LogP contribution >= 0.6 is 22.9 Å². The average molecular weight is 321 g/mol. The highest BCUT2D eigenvalue weighted by Crippen LogP contribution is 2.33. The monoisotopic (exact) mass is 320 g/mol. The molecule has 0 atom stereocenters. The molecule has 2 amide bonds. The molecule has 2 rings (SSSR count). The van der Waals surface area contributed by atoms with Crippen molar-refractivity contribution in [1.29, 1.82) is 0 Å². The van der Waals surface area contributed by atoms with Crippen molar-refractivity contribution >= 4 is 39.7 Å². The fraction of sp³-hybridized carbons (Fsp3) is 0.0833. The van der Waals surface area contributed by atoms with Crippen molar-refractivity contribution in [2.24, 2.45) is 0 Å². The van der Waals surface area contributed by atoms with Gasteiger partial charge >= 0.3 is 12.2 Å². The highest BCUT2D eigenvalue weighted by Gasteiger charge is 2.31. The van der Waals surface area contributed by atoms with Crippen molar-refractivity contribution in [2.75, 3.05) is 10.6 Å². The van der Waals surface area contributed by atoms with E-state index in [2.05, 4.69) is 10.6 Å². The van der Waals surface area contributed by atoms with Gasteiger partial charge < -0.3 is 5.32 Å². The quantitative estimate of drug-likeness (QED) is 0.797. The average Bonchev–Trinajstić information content (AvgIpc) is 2.83. The van der Waals surface area contributed by atoms with Gasteiger partial charge in [-0.2, -0.15) is 13.2 Å². The lowest BCUT2D eigenvalue weighted by Gasteiger charge is -2.11. The molecule has 1 heterocycles. The van der Waals surface area contributed by atoms with Gasteiger partial charge in [-0.05, 0) is 35.7 Å². The minimum absolute atomic E-state index is 0.0272. The second-order valence-electron chi connectivity index (χ2n) is 3.75. The van der Waals surface area contributed by atoms with E-state index in [-0.39, 0.29) is 10.7 Å². The standard InChI is InChI=1S/C12H8ClF3N2OS/c13-8-4-3-7(12(14,15)16)6-9(8)17-11(19)18-10-2-1-5-20-10/h1-6H,(H2,17,18,19). The van der Waals surface area contributed by atoms with E-state index in [4.69, 9.17) is 11.6 Å². The number of hydrogen-bond donors (Lipinski definition) is 2. The molecule has 0 bridgehead atoms. The van der Waals surface area contributed by atoms with Crippen LogP contribution in [-0.4, -0.2) is 6.03 Å². The number of amides is 2. The summed E-state index contributed by atoms with van der Waals surface area (Å²) in [6.45, 7) is 0. The molecule has 2 N–H and O–H groups in total. The Morgan fingerprint density at radius 2 is 1.95 bits per heavy atom. The molecular formula is C12H8ClF3N2OS. The summed E-state index contributed by atoms with van der Waals surface area (Å²) in [5.41, 5.74) is -0.983. The summed E-state index contributed by atoms with van der Waals surface area (Å²) < 4.78 is 37.7. The van der Waals surface area contributed by atoms with Crippen LogP contribution in [-0.2, 0) is 6.18 Å². The van der Waals surface area contributed by atoms with Crippen molar-refractivity contribution in [2.45, 2.75) is 6.18 Å². The van der Waals surface area contributed by atoms with Crippen molar-refractivity contribution in [3.8, 4) is 0 Å². The van der Waals surface area contributed by atoms with Gasteiger partial charge in [0.25, 0.3) is 0 Å². The molecule has 1 aromatic heterocycles. The molecule has 0 aliphatic rings. The zero-order valence-corrected chi connectivity index (χ0v) is 11.4. The Balaban J connectivity index is 2.14. The second kappa shape index (κ2) is 5.72. The van der Waals surface area contributed by atoms with E-state index in [1.54, 1.807) is 17.5 Å². The van der Waals surface area contributed by atoms with Crippen LogP contribution in [0.5, 0.6) is 0 Å². The van der Waals surface area contributed by atoms with Crippen LogP contribution in [0.1, 0.15) is 5.56 Å². The molecule has 2 aromatic rings. The lowest BCUT2D eigenvalue weighted by atomic mass is 10.2. The molecule has 0 aliphatic carbocycles. The maximum absolute atomic E-state index is 12.6. The van der Waals surface area contributed by atoms with Gasteiger partial charge in [0.15, 0.2) is 0 Å². The molecule has 0 radical (unpaired) electrons. The summed E-state index contributed by atoms with van der Waals surface area (Å²) in [4.78, 5) is 11.6. The summed E-state index contributed by atoms with van der Waals surface area (Å²) in [7, 11) is 0. The van der Waals surface area contributed by atoms with Gasteiger partial charge in [-0.25, -0.2) is 4.79 Å². The zero-order valence-electron chi connectivity index (χ0n) is 9.79. The lowest BCUT2D eigenvalue weighted by Crippen LogP contribution is -2.19. The predicted molar refractivity (Wildman–Crippen MR) is 73.4 cm³/mol. The first-order chi connectivity index (χ1) is 9.36. The lowest BCUT2D eigenvalue weighted by molar-refractivity contribution is -0.137. The number of hydrogen-bond acceptors (Lipinski definition) is 2. The molecule has 0 saturated carbocycles. The Kier molecular flexibility index (Phi) is 4.20. The molecule has 106 valence electrons. The predicted octanol–water partition coefficient (Wildman–Crippen LogP) is 5.06. The molecule has 8 heteroatoms. The van der Waals surface area contributed by atoms with Crippen molar-refractivity contribution in [3.05, 3.63) is 46.3 Å². The number of rotatable bonds is 2. The normalized spacial score (nSPS) is 11.2. The van der Waals surface area contributed by atoms with Gasteiger partial charge in [0.2, 0.25) is 0 Å². The molecule has 0 unspecified atom stereocenters. The first-order valence-corrected chi connectivity index (χ1v) is 6.60. The Labute approximate surface area is 121 Å². The highest BCUT2D eigenvalue weighted by molar-refractivity contribution is 7.14. The molecule has 20 heavy (non-hydrogen) atoms. The van der Waals surface area contributed by atoms with Crippen molar-refractivity contribution in [1.82, 2.24) is 0 Å². The molecule has 0 saturated heterocycles. The van der Waals surface area contributed by atoms with Crippen LogP contribution < -0.4 is 10.6 Å². The Hall–Kier alpha value is -1.73. The van der Waals surface area contributed by atoms with E-state index in [0.717, 1.165) is 18.2 Å². The minimum atomic E-state index is -4.49. The Morgan fingerprint density at radius 3 is 2.55 bits per heavy atom. The Morgan fingerprint density at radius 1 is 1.20 bits per heavy atom. The number of alkyl halides is 3. The topological polar surface area (TPSA) is 41.1 Å². The van der Waals surface area contributed by atoms with Crippen molar-refractivity contribution < 1.29 is 18.0 Å². The first-order valence-electron chi connectivity index (χ1n) is 5.34. The van der Waals surface area contributed by atoms with Crippen LogP contribution in [0.25, 0.3) is 0 Å². The first kappa shape index (κ1) is 14.7. The number of thiophene rings is 1. The number of carbonyl (C=O) groups excluding carboxylic acids is 1. The van der Waals surface area contributed by atoms with Gasteiger partial charge in [0, 0.05) is 0 Å². The summed E-state index contributed by atoms with van der Waals surface area (Å²) in [6, 6.07) is 5.47. The highest BCUT2D eigenvalue weighted by atomic mass is 35.5. The molecule has 0 fully saturated rings. The third kappa shape index (κ3) is 3.64. The third-order valence-corrected chi connectivity index (χ3v) is 3.41. The maximum atomic E-state index is 12.6. The van der Waals surface area contributed by atoms with Crippen LogP contribution in [0.2, 0.25) is 5.02 Å². The minimum Gasteiger partial charge on any atom is -0.306 e. The van der Waals surface area contributed by atoms with Crippen LogP contribution in [0.4, 0.5) is 28.7 Å². The van der Waals surface area contributed by atoms with E-state index in [9.17, 15) is 18.0 Å². The number of benzene rings is 1. The zero-order chi connectivity index (χ0) is 14.8. The van der Waals surface area contributed by atoms with Gasteiger partial charge in [0.1, 0.15) is 0 Å². The summed E-state index contributed by atoms with van der Waals surface area (Å²) in [5, 5.41) is 7.13. The van der Waals surface area contributed by atoms with E-state index >= 15 is 0 Å². The molecular weight excluding hydrogens is 313 g/mol. The second-order valence-corrected chi connectivity index (χ2v) is 5.10. The van der Waals surface area contributed by atoms with E-state index in [0.29, 0.717) is 5.00 Å². The number of urea groups is 1. The van der Waals surface area contributed by atoms with Crippen LogP contribution in [0, 0.1) is 0 Å². The summed E-state index contributed by atoms with van der Waals surface area (Å²) in [6.07, 6.45) is -4.49. The van der Waals surface area contributed by atoms with E-state index < -0.39 is 17.8 Å². The van der Waals surface area contributed by atoms with Gasteiger partial charge in [-0.3, -0.25) is 5.32 Å². The van der Waals surface area contributed by atoms with Gasteiger partial charge in [-0.15, -0.1) is 11.3 Å². The van der Waals surface area contributed by atoms with Gasteiger partial charge in [0.05, 0.1) is 21.3 Å². The maximum Gasteiger partial charge on any atom is 0.416 e.